The molecule has 4 rings (SSSR count). The second kappa shape index (κ2) is 8.61. The van der Waals surface area contributed by atoms with Gasteiger partial charge in [0.15, 0.2) is 0 Å². The van der Waals surface area contributed by atoms with E-state index >= 15 is 0 Å². The number of rotatable bonds is 7. The normalized spacial score (nSPS) is 23.7. The van der Waals surface area contributed by atoms with Crippen molar-refractivity contribution >= 4 is 30.1 Å². The van der Waals surface area contributed by atoms with Crippen molar-refractivity contribution in [1.29, 1.82) is 0 Å². The fourth-order valence-electron chi connectivity index (χ4n) is 4.39. The highest BCUT2D eigenvalue weighted by Crippen LogP contribution is 2.42. The van der Waals surface area contributed by atoms with Gasteiger partial charge < -0.3 is 20.3 Å². The lowest BCUT2D eigenvalue weighted by atomic mass is 9.98. The van der Waals surface area contributed by atoms with E-state index < -0.39 is 0 Å². The zero-order valence-electron chi connectivity index (χ0n) is 16.2. The summed E-state index contributed by atoms with van der Waals surface area (Å²) >= 11 is 0. The van der Waals surface area contributed by atoms with Crippen LogP contribution in [0.4, 0.5) is 11.8 Å². The van der Waals surface area contributed by atoms with Gasteiger partial charge in [-0.1, -0.05) is 0 Å². The van der Waals surface area contributed by atoms with E-state index in [1.54, 1.807) is 7.11 Å². The molecule has 3 aliphatic rings. The van der Waals surface area contributed by atoms with Gasteiger partial charge in [0.25, 0.3) is 0 Å². The molecule has 8 heteroatoms. The summed E-state index contributed by atoms with van der Waals surface area (Å²) in [5.74, 6) is 3.09. The highest BCUT2D eigenvalue weighted by molar-refractivity contribution is 5.85. The Hall–Kier alpha value is -1.60. The molecule has 1 aliphatic heterocycles. The summed E-state index contributed by atoms with van der Waals surface area (Å²) in [7, 11) is 3.56. The minimum atomic E-state index is 0. The van der Waals surface area contributed by atoms with Gasteiger partial charge in [0.05, 0.1) is 18.3 Å². The predicted molar refractivity (Wildman–Crippen MR) is 108 cm³/mol. The third kappa shape index (κ3) is 4.29. The van der Waals surface area contributed by atoms with Crippen LogP contribution in [-0.4, -0.2) is 55.8 Å². The van der Waals surface area contributed by atoms with Crippen molar-refractivity contribution in [2.24, 2.45) is 11.8 Å². The number of ether oxygens (including phenoxy) is 1. The number of aromatic nitrogens is 2. The topological polar surface area (TPSA) is 79.4 Å². The van der Waals surface area contributed by atoms with Crippen molar-refractivity contribution < 1.29 is 9.53 Å². The number of halogens is 1. The fraction of sp³-hybridized carbons (Fsp3) is 0.737. The Kier molecular flexibility index (Phi) is 6.42. The van der Waals surface area contributed by atoms with Crippen molar-refractivity contribution in [2.75, 3.05) is 44.1 Å². The Morgan fingerprint density at radius 1 is 1.26 bits per heavy atom. The summed E-state index contributed by atoms with van der Waals surface area (Å²) in [4.78, 5) is 24.1. The molecular formula is C19H30ClN5O2. The Morgan fingerprint density at radius 2 is 2.07 bits per heavy atom. The number of aryl methyl sites for hydroxylation is 1. The number of methoxy groups -OCH3 is 1. The monoisotopic (exact) mass is 395 g/mol. The van der Waals surface area contributed by atoms with Crippen LogP contribution in [-0.2, 0) is 22.4 Å². The van der Waals surface area contributed by atoms with E-state index in [9.17, 15) is 4.79 Å². The van der Waals surface area contributed by atoms with Crippen molar-refractivity contribution in [3.05, 3.63) is 11.3 Å². The highest BCUT2D eigenvalue weighted by atomic mass is 35.5. The smallest absolute Gasteiger partial charge is 0.227 e. The largest absolute Gasteiger partial charge is 0.384 e. The van der Waals surface area contributed by atoms with Crippen molar-refractivity contribution in [3.8, 4) is 0 Å². The minimum absolute atomic E-state index is 0. The van der Waals surface area contributed by atoms with Gasteiger partial charge in [-0.25, -0.2) is 4.98 Å². The Bertz CT molecular complexity index is 682. The van der Waals surface area contributed by atoms with Crippen LogP contribution in [0.3, 0.4) is 0 Å². The molecule has 2 heterocycles. The van der Waals surface area contributed by atoms with Crippen LogP contribution in [0, 0.1) is 11.8 Å². The molecule has 2 aliphatic carbocycles. The summed E-state index contributed by atoms with van der Waals surface area (Å²) < 4.78 is 5.02. The third-order valence-electron chi connectivity index (χ3n) is 5.91. The first-order valence-corrected chi connectivity index (χ1v) is 9.80. The number of carbonyl (C=O) groups excluding carboxylic acids is 1. The highest BCUT2D eigenvalue weighted by Gasteiger charge is 2.44. The Labute approximate surface area is 167 Å². The molecule has 2 N–H and O–H groups in total. The van der Waals surface area contributed by atoms with Gasteiger partial charge in [-0.15, -0.1) is 12.4 Å². The molecule has 1 aromatic heterocycles. The van der Waals surface area contributed by atoms with Gasteiger partial charge in [0.1, 0.15) is 5.82 Å². The van der Waals surface area contributed by atoms with E-state index in [-0.39, 0.29) is 24.4 Å². The van der Waals surface area contributed by atoms with E-state index in [0.717, 1.165) is 50.0 Å². The van der Waals surface area contributed by atoms with E-state index in [4.69, 9.17) is 14.7 Å². The van der Waals surface area contributed by atoms with Crippen LogP contribution in [0.2, 0.25) is 0 Å². The number of anilines is 2. The van der Waals surface area contributed by atoms with Gasteiger partial charge in [0.2, 0.25) is 11.9 Å². The summed E-state index contributed by atoms with van der Waals surface area (Å²) in [6.45, 7) is 2.19. The molecule has 0 bridgehead atoms. The van der Waals surface area contributed by atoms with Crippen molar-refractivity contribution in [1.82, 2.24) is 15.3 Å². The lowest BCUT2D eigenvalue weighted by molar-refractivity contribution is -0.122. The van der Waals surface area contributed by atoms with E-state index in [1.807, 2.05) is 7.05 Å². The second-order valence-corrected chi connectivity index (χ2v) is 7.72. The molecule has 1 saturated heterocycles. The standard InChI is InChI=1S/C19H29N5O2.ClH/c1-20-18-13-4-3-5-15(13)22-19(23-18)24-10-14(12-6-7-12)16(11-24)21-17(25)8-9-26-2;/h12,14,16H,3-11H2,1-2H3,(H,21,25)(H,20,22,23);1H/t14-,16+;/m1./s1. The molecule has 1 saturated carbocycles. The molecule has 0 radical (unpaired) electrons. The van der Waals surface area contributed by atoms with Crippen LogP contribution < -0.4 is 15.5 Å². The molecule has 2 fully saturated rings. The Morgan fingerprint density at radius 3 is 2.78 bits per heavy atom. The summed E-state index contributed by atoms with van der Waals surface area (Å²) in [6.07, 6.45) is 6.23. The van der Waals surface area contributed by atoms with E-state index in [1.165, 1.54) is 24.1 Å². The van der Waals surface area contributed by atoms with Gasteiger partial charge in [-0.3, -0.25) is 4.79 Å². The molecule has 1 aromatic rings. The summed E-state index contributed by atoms with van der Waals surface area (Å²) in [5, 5.41) is 6.48. The molecule has 0 spiro atoms. The third-order valence-corrected chi connectivity index (χ3v) is 5.91. The maximum absolute atomic E-state index is 12.2. The average molecular weight is 396 g/mol. The molecule has 0 unspecified atom stereocenters. The zero-order chi connectivity index (χ0) is 18.1. The fourth-order valence-corrected chi connectivity index (χ4v) is 4.39. The maximum atomic E-state index is 12.2. The number of carbonyl (C=O) groups is 1. The van der Waals surface area contributed by atoms with E-state index in [2.05, 4.69) is 15.5 Å². The first kappa shape index (κ1) is 20.1. The number of hydrogen-bond donors (Lipinski definition) is 2. The van der Waals surface area contributed by atoms with Crippen LogP contribution in [0.15, 0.2) is 0 Å². The number of hydrogen-bond acceptors (Lipinski definition) is 6. The van der Waals surface area contributed by atoms with Crippen molar-refractivity contribution in [2.45, 2.75) is 44.6 Å². The van der Waals surface area contributed by atoms with Crippen molar-refractivity contribution in [3.63, 3.8) is 0 Å². The SMILES string of the molecule is CNc1nc(N2C[C@H](NC(=O)CCOC)[C@@H](C3CC3)C2)nc2c1CCC2.Cl. The molecule has 2 atom stereocenters. The van der Waals surface area contributed by atoms with Gasteiger partial charge >= 0.3 is 0 Å². The van der Waals surface area contributed by atoms with Crippen LogP contribution in [0.5, 0.6) is 0 Å². The maximum Gasteiger partial charge on any atom is 0.227 e. The number of amides is 1. The lowest BCUT2D eigenvalue weighted by Gasteiger charge is -2.19. The predicted octanol–water partition coefficient (Wildman–Crippen LogP) is 1.80. The summed E-state index contributed by atoms with van der Waals surface area (Å²) in [6, 6.07) is 0.182. The van der Waals surface area contributed by atoms with E-state index in [0.29, 0.717) is 18.9 Å². The van der Waals surface area contributed by atoms with Crippen LogP contribution in [0.1, 0.15) is 36.9 Å². The molecule has 27 heavy (non-hydrogen) atoms. The molecule has 0 aromatic carbocycles. The first-order valence-electron chi connectivity index (χ1n) is 9.80. The van der Waals surface area contributed by atoms with Crippen LogP contribution in [0.25, 0.3) is 0 Å². The number of nitrogens with one attached hydrogen (secondary N) is 2. The average Bonchev–Trinajstić information content (AvgIpc) is 3.23. The van der Waals surface area contributed by atoms with Gasteiger partial charge in [0, 0.05) is 45.1 Å². The summed E-state index contributed by atoms with van der Waals surface area (Å²) in [5.41, 5.74) is 2.47. The van der Waals surface area contributed by atoms with Crippen LogP contribution >= 0.6 is 12.4 Å². The quantitative estimate of drug-likeness (QED) is 0.732. The Balaban J connectivity index is 0.00000210. The first-order chi connectivity index (χ1) is 12.7. The molecular weight excluding hydrogens is 366 g/mol. The zero-order valence-corrected chi connectivity index (χ0v) is 17.0. The molecule has 150 valence electrons. The number of nitrogens with zero attached hydrogens (tertiary/aromatic N) is 3. The van der Waals surface area contributed by atoms with Gasteiger partial charge in [-0.05, 0) is 38.0 Å². The van der Waals surface area contributed by atoms with Gasteiger partial charge in [-0.2, -0.15) is 4.98 Å². The number of fused-ring (bicyclic) bond motifs is 1. The second-order valence-electron chi connectivity index (χ2n) is 7.72. The lowest BCUT2D eigenvalue weighted by Crippen LogP contribution is -2.41. The minimum Gasteiger partial charge on any atom is -0.384 e. The molecule has 7 nitrogen and oxygen atoms in total. The molecule has 1 amide bonds.